The maximum Gasteiger partial charge on any atom is 0.234 e. The van der Waals surface area contributed by atoms with Crippen LogP contribution in [-0.4, -0.2) is 23.5 Å². The molecule has 0 bridgehead atoms. The van der Waals surface area contributed by atoms with Crippen LogP contribution in [0.4, 0.5) is 0 Å². The predicted molar refractivity (Wildman–Crippen MR) is 85.2 cm³/mol. The SMILES string of the molecule is Cc1nc(C(C)(C)C)sc1C(C)NCC(=O)NC(C)C. The Morgan fingerprint density at radius 1 is 1.30 bits per heavy atom. The lowest BCUT2D eigenvalue weighted by atomic mass is 9.98. The molecule has 0 fully saturated rings. The van der Waals surface area contributed by atoms with Crippen LogP contribution in [0.1, 0.15) is 63.2 Å². The topological polar surface area (TPSA) is 54.0 Å². The van der Waals surface area contributed by atoms with Crippen molar-refractivity contribution < 1.29 is 4.79 Å². The number of rotatable bonds is 5. The zero-order valence-electron chi connectivity index (χ0n) is 13.6. The van der Waals surface area contributed by atoms with Gasteiger partial charge in [-0.1, -0.05) is 20.8 Å². The van der Waals surface area contributed by atoms with Crippen molar-refractivity contribution in [1.29, 1.82) is 0 Å². The van der Waals surface area contributed by atoms with Crippen molar-refractivity contribution in [3.63, 3.8) is 0 Å². The third kappa shape index (κ3) is 4.87. The summed E-state index contributed by atoms with van der Waals surface area (Å²) in [6, 6.07) is 0.318. The number of hydrogen-bond acceptors (Lipinski definition) is 4. The van der Waals surface area contributed by atoms with Crippen molar-refractivity contribution in [3.8, 4) is 0 Å². The van der Waals surface area contributed by atoms with Crippen LogP contribution in [-0.2, 0) is 10.2 Å². The van der Waals surface area contributed by atoms with Crippen LogP contribution in [0, 0.1) is 6.92 Å². The number of nitrogens with zero attached hydrogens (tertiary/aromatic N) is 1. The lowest BCUT2D eigenvalue weighted by Crippen LogP contribution is -2.38. The summed E-state index contributed by atoms with van der Waals surface area (Å²) in [6.07, 6.45) is 0. The number of hydrogen-bond donors (Lipinski definition) is 2. The summed E-state index contributed by atoms with van der Waals surface area (Å²) in [6.45, 7) is 14.9. The Hall–Kier alpha value is -0.940. The number of aromatic nitrogens is 1. The van der Waals surface area contributed by atoms with Gasteiger partial charge in [0.15, 0.2) is 0 Å². The normalized spacial score (nSPS) is 13.6. The molecule has 5 heteroatoms. The van der Waals surface area contributed by atoms with Crippen molar-refractivity contribution in [2.24, 2.45) is 0 Å². The monoisotopic (exact) mass is 297 g/mol. The van der Waals surface area contributed by atoms with E-state index in [0.29, 0.717) is 6.54 Å². The summed E-state index contributed by atoms with van der Waals surface area (Å²) in [5.41, 5.74) is 1.13. The second-order valence-electron chi connectivity index (χ2n) is 6.54. The lowest BCUT2D eigenvalue weighted by Gasteiger charge is -2.15. The summed E-state index contributed by atoms with van der Waals surface area (Å²) in [5, 5.41) is 7.29. The van der Waals surface area contributed by atoms with E-state index in [2.05, 4.69) is 43.3 Å². The lowest BCUT2D eigenvalue weighted by molar-refractivity contribution is -0.120. The van der Waals surface area contributed by atoms with Gasteiger partial charge in [-0.3, -0.25) is 4.79 Å². The van der Waals surface area contributed by atoms with Crippen LogP contribution < -0.4 is 10.6 Å². The van der Waals surface area contributed by atoms with Crippen molar-refractivity contribution in [2.45, 2.75) is 66.0 Å². The first-order chi connectivity index (χ1) is 9.11. The van der Waals surface area contributed by atoms with Gasteiger partial charge in [0, 0.05) is 22.4 Å². The molecule has 0 radical (unpaired) electrons. The van der Waals surface area contributed by atoms with E-state index < -0.39 is 0 Å². The molecule has 0 aliphatic heterocycles. The van der Waals surface area contributed by atoms with Gasteiger partial charge in [-0.25, -0.2) is 4.98 Å². The zero-order valence-corrected chi connectivity index (χ0v) is 14.4. The average molecular weight is 297 g/mol. The Labute approximate surface area is 126 Å². The Morgan fingerprint density at radius 2 is 1.90 bits per heavy atom. The van der Waals surface area contributed by atoms with E-state index in [0.717, 1.165) is 10.7 Å². The van der Waals surface area contributed by atoms with Gasteiger partial charge in [0.05, 0.1) is 17.2 Å². The maximum atomic E-state index is 11.7. The molecule has 1 rings (SSSR count). The number of carbonyl (C=O) groups is 1. The summed E-state index contributed by atoms with van der Waals surface area (Å²) in [7, 11) is 0. The van der Waals surface area contributed by atoms with Crippen molar-refractivity contribution >= 4 is 17.2 Å². The highest BCUT2D eigenvalue weighted by molar-refractivity contribution is 7.12. The molecule has 1 aromatic heterocycles. The van der Waals surface area contributed by atoms with Crippen LogP contribution >= 0.6 is 11.3 Å². The molecule has 0 aromatic carbocycles. The van der Waals surface area contributed by atoms with Crippen LogP contribution in [0.25, 0.3) is 0 Å². The fourth-order valence-corrected chi connectivity index (χ4v) is 2.99. The second-order valence-corrected chi connectivity index (χ2v) is 7.57. The molecular formula is C15H27N3OS. The molecule has 0 saturated heterocycles. The number of nitrogens with one attached hydrogen (secondary N) is 2. The first kappa shape index (κ1) is 17.1. The van der Waals surface area contributed by atoms with E-state index in [1.807, 2.05) is 20.8 Å². The van der Waals surface area contributed by atoms with Gasteiger partial charge < -0.3 is 10.6 Å². The van der Waals surface area contributed by atoms with Crippen LogP contribution in [0.5, 0.6) is 0 Å². The Bertz CT molecular complexity index is 460. The van der Waals surface area contributed by atoms with Crippen LogP contribution in [0.3, 0.4) is 0 Å². The Morgan fingerprint density at radius 3 is 2.35 bits per heavy atom. The summed E-state index contributed by atoms with van der Waals surface area (Å²) >= 11 is 1.73. The average Bonchev–Trinajstić information content (AvgIpc) is 2.67. The summed E-state index contributed by atoms with van der Waals surface area (Å²) < 4.78 is 0. The van der Waals surface area contributed by atoms with Crippen LogP contribution in [0.2, 0.25) is 0 Å². The van der Waals surface area contributed by atoms with E-state index in [1.54, 1.807) is 11.3 Å². The van der Waals surface area contributed by atoms with Gasteiger partial charge in [0.1, 0.15) is 0 Å². The smallest absolute Gasteiger partial charge is 0.234 e. The molecule has 2 N–H and O–H groups in total. The van der Waals surface area contributed by atoms with Gasteiger partial charge in [-0.15, -0.1) is 11.3 Å². The van der Waals surface area contributed by atoms with Gasteiger partial charge in [0.2, 0.25) is 5.91 Å². The highest BCUT2D eigenvalue weighted by atomic mass is 32.1. The van der Waals surface area contributed by atoms with Gasteiger partial charge >= 0.3 is 0 Å². The van der Waals surface area contributed by atoms with Gasteiger partial charge in [-0.05, 0) is 27.7 Å². The molecule has 0 saturated carbocycles. The van der Waals surface area contributed by atoms with Crippen molar-refractivity contribution in [2.75, 3.05) is 6.54 Å². The standard InChI is InChI=1S/C15H27N3OS/c1-9(2)17-12(19)8-16-10(3)13-11(4)18-14(20-13)15(5,6)7/h9-10,16H,8H2,1-7H3,(H,17,19). The van der Waals surface area contributed by atoms with E-state index in [4.69, 9.17) is 0 Å². The first-order valence-corrected chi connectivity index (χ1v) is 7.93. The van der Waals surface area contributed by atoms with Gasteiger partial charge in [-0.2, -0.15) is 0 Å². The number of aryl methyl sites for hydroxylation is 1. The predicted octanol–water partition coefficient (Wildman–Crippen LogP) is 2.92. The highest BCUT2D eigenvalue weighted by Crippen LogP contribution is 2.32. The van der Waals surface area contributed by atoms with Crippen LogP contribution in [0.15, 0.2) is 0 Å². The molecule has 4 nitrogen and oxygen atoms in total. The third-order valence-corrected chi connectivity index (χ3v) is 4.65. The molecule has 20 heavy (non-hydrogen) atoms. The minimum Gasteiger partial charge on any atom is -0.353 e. The molecule has 1 aromatic rings. The fraction of sp³-hybridized carbons (Fsp3) is 0.733. The van der Waals surface area contributed by atoms with E-state index in [-0.39, 0.29) is 23.4 Å². The summed E-state index contributed by atoms with van der Waals surface area (Å²) in [5.74, 6) is 0.0325. The van der Waals surface area contributed by atoms with E-state index in [1.165, 1.54) is 4.88 Å². The maximum absolute atomic E-state index is 11.7. The van der Waals surface area contributed by atoms with E-state index in [9.17, 15) is 4.79 Å². The minimum absolute atomic E-state index is 0.0325. The quantitative estimate of drug-likeness (QED) is 0.878. The molecule has 0 aliphatic rings. The summed E-state index contributed by atoms with van der Waals surface area (Å²) in [4.78, 5) is 17.5. The zero-order chi connectivity index (χ0) is 15.5. The largest absolute Gasteiger partial charge is 0.353 e. The Balaban J connectivity index is 2.66. The second kappa shape index (κ2) is 6.68. The number of carbonyl (C=O) groups excluding carboxylic acids is 1. The molecule has 0 aliphatic carbocycles. The highest BCUT2D eigenvalue weighted by Gasteiger charge is 2.22. The van der Waals surface area contributed by atoms with Crippen molar-refractivity contribution in [1.82, 2.24) is 15.6 Å². The van der Waals surface area contributed by atoms with Gasteiger partial charge in [0.25, 0.3) is 0 Å². The fourth-order valence-electron chi connectivity index (χ4n) is 1.84. The van der Waals surface area contributed by atoms with E-state index >= 15 is 0 Å². The minimum atomic E-state index is 0.0325. The molecular weight excluding hydrogens is 270 g/mol. The molecule has 1 heterocycles. The molecule has 1 atom stereocenters. The molecule has 1 amide bonds. The van der Waals surface area contributed by atoms with Crippen molar-refractivity contribution in [3.05, 3.63) is 15.6 Å². The molecule has 0 spiro atoms. The third-order valence-electron chi connectivity index (χ3n) is 2.89. The molecule has 114 valence electrons. The number of amides is 1. The Kier molecular flexibility index (Phi) is 5.71. The first-order valence-electron chi connectivity index (χ1n) is 7.11. The molecule has 1 unspecified atom stereocenters. The number of thiazole rings is 1.